The van der Waals surface area contributed by atoms with Crippen molar-refractivity contribution >= 4 is 56.6 Å². The lowest BCUT2D eigenvalue weighted by atomic mass is 10.2. The lowest BCUT2D eigenvalue weighted by molar-refractivity contribution is -0.121. The molecule has 0 aliphatic heterocycles. The van der Waals surface area contributed by atoms with E-state index in [0.29, 0.717) is 28.0 Å². The summed E-state index contributed by atoms with van der Waals surface area (Å²) in [4.78, 5) is 12.5. The number of carbonyl (C=O) groups is 1. The summed E-state index contributed by atoms with van der Waals surface area (Å²) in [5.74, 6) is 1.08. The van der Waals surface area contributed by atoms with Crippen LogP contribution in [0.5, 0.6) is 0 Å². The first-order chi connectivity index (χ1) is 13.2. The fraction of sp³-hybridized carbons (Fsp3) is 0.316. The molecule has 5 nitrogen and oxygen atoms in total. The van der Waals surface area contributed by atoms with Crippen LogP contribution in [0.1, 0.15) is 12.5 Å². The number of nitrogens with one attached hydrogen (secondary N) is 1. The summed E-state index contributed by atoms with van der Waals surface area (Å²) in [5, 5.41) is 3.83. The summed E-state index contributed by atoms with van der Waals surface area (Å²) in [5.41, 5.74) is 1.51. The van der Waals surface area contributed by atoms with Crippen LogP contribution in [0.15, 0.2) is 48.5 Å². The Balaban J connectivity index is 1.86. The van der Waals surface area contributed by atoms with Gasteiger partial charge in [0.15, 0.2) is 0 Å². The average Bonchev–Trinajstić information content (AvgIpc) is 2.64. The zero-order valence-corrected chi connectivity index (χ0v) is 18.7. The number of rotatable bonds is 9. The lowest BCUT2D eigenvalue weighted by Crippen LogP contribution is -2.48. The van der Waals surface area contributed by atoms with Crippen molar-refractivity contribution in [2.24, 2.45) is 0 Å². The van der Waals surface area contributed by atoms with Crippen LogP contribution in [0, 0.1) is 0 Å². The highest BCUT2D eigenvalue weighted by molar-refractivity contribution is 7.98. The largest absolute Gasteiger partial charge is 0.353 e. The predicted molar refractivity (Wildman–Crippen MR) is 119 cm³/mol. The number of hydrogen-bond donors (Lipinski definition) is 1. The fourth-order valence-corrected chi connectivity index (χ4v) is 4.90. The van der Waals surface area contributed by atoms with Crippen molar-refractivity contribution in [3.63, 3.8) is 0 Å². The van der Waals surface area contributed by atoms with Crippen LogP contribution >= 0.6 is 35.0 Å². The van der Waals surface area contributed by atoms with Gasteiger partial charge in [0.25, 0.3) is 0 Å². The molecule has 0 heterocycles. The summed E-state index contributed by atoms with van der Waals surface area (Å²) in [6.07, 6.45) is 1.09. The van der Waals surface area contributed by atoms with Gasteiger partial charge in [-0.05, 0) is 36.8 Å². The molecule has 0 unspecified atom stereocenters. The summed E-state index contributed by atoms with van der Waals surface area (Å²) < 4.78 is 25.5. The molecule has 9 heteroatoms. The SMILES string of the molecule is C[C@H](C(=O)NCCSCc1ccc(Cl)c(Cl)c1)N(c1ccccc1)S(C)(=O)=O. The molecular weight excluding hydrogens is 439 g/mol. The monoisotopic (exact) mass is 460 g/mol. The smallest absolute Gasteiger partial charge is 0.243 e. The Morgan fingerprint density at radius 1 is 1.14 bits per heavy atom. The van der Waals surface area contributed by atoms with Crippen LogP contribution in [0.25, 0.3) is 0 Å². The van der Waals surface area contributed by atoms with E-state index in [4.69, 9.17) is 23.2 Å². The summed E-state index contributed by atoms with van der Waals surface area (Å²) in [7, 11) is -3.60. The normalized spacial score (nSPS) is 12.4. The minimum atomic E-state index is -3.60. The maximum absolute atomic E-state index is 12.5. The van der Waals surface area contributed by atoms with Gasteiger partial charge in [0.05, 0.1) is 22.0 Å². The Morgan fingerprint density at radius 3 is 2.43 bits per heavy atom. The van der Waals surface area contributed by atoms with Crippen LogP contribution in [0.2, 0.25) is 10.0 Å². The van der Waals surface area contributed by atoms with Crippen molar-refractivity contribution in [2.45, 2.75) is 18.7 Å². The summed E-state index contributed by atoms with van der Waals surface area (Å²) in [6, 6.07) is 13.2. The number of amides is 1. The van der Waals surface area contributed by atoms with Gasteiger partial charge in [0, 0.05) is 18.1 Å². The first kappa shape index (κ1) is 22.9. The zero-order chi connectivity index (χ0) is 20.7. The van der Waals surface area contributed by atoms with Crippen LogP contribution in [-0.2, 0) is 20.6 Å². The molecule has 0 aromatic heterocycles. The number of para-hydroxylation sites is 1. The van der Waals surface area contributed by atoms with E-state index in [1.165, 1.54) is 0 Å². The maximum atomic E-state index is 12.5. The molecular formula is C19H22Cl2N2O3S2. The third-order valence-electron chi connectivity index (χ3n) is 3.90. The molecule has 2 rings (SSSR count). The van der Waals surface area contributed by atoms with Gasteiger partial charge in [-0.15, -0.1) is 0 Å². The molecule has 1 N–H and O–H groups in total. The van der Waals surface area contributed by atoms with Crippen molar-refractivity contribution in [1.82, 2.24) is 5.32 Å². The highest BCUT2D eigenvalue weighted by atomic mass is 35.5. The number of carbonyl (C=O) groups excluding carboxylic acids is 1. The fourth-order valence-electron chi connectivity index (χ4n) is 2.60. The second-order valence-electron chi connectivity index (χ2n) is 6.16. The van der Waals surface area contributed by atoms with E-state index < -0.39 is 16.1 Å². The van der Waals surface area contributed by atoms with Crippen LogP contribution < -0.4 is 9.62 Å². The van der Waals surface area contributed by atoms with Crippen molar-refractivity contribution < 1.29 is 13.2 Å². The number of nitrogens with zero attached hydrogens (tertiary/aromatic N) is 1. The molecule has 0 fully saturated rings. The van der Waals surface area contributed by atoms with Crippen molar-refractivity contribution in [1.29, 1.82) is 0 Å². The number of anilines is 1. The second kappa shape index (κ2) is 10.4. The minimum absolute atomic E-state index is 0.343. The molecule has 0 aliphatic carbocycles. The van der Waals surface area contributed by atoms with E-state index in [1.807, 2.05) is 12.1 Å². The van der Waals surface area contributed by atoms with Gasteiger partial charge in [-0.25, -0.2) is 8.42 Å². The molecule has 0 bridgehead atoms. The Kier molecular flexibility index (Phi) is 8.49. The van der Waals surface area contributed by atoms with Crippen molar-refractivity contribution in [3.05, 3.63) is 64.1 Å². The molecule has 0 radical (unpaired) electrons. The number of hydrogen-bond acceptors (Lipinski definition) is 4. The highest BCUT2D eigenvalue weighted by Gasteiger charge is 2.28. The van der Waals surface area contributed by atoms with Gasteiger partial charge in [0.2, 0.25) is 15.9 Å². The molecule has 1 amide bonds. The quantitative estimate of drug-likeness (QED) is 0.569. The summed E-state index contributed by atoms with van der Waals surface area (Å²) >= 11 is 13.5. The average molecular weight is 461 g/mol. The number of benzene rings is 2. The van der Waals surface area contributed by atoms with E-state index >= 15 is 0 Å². The number of thioether (sulfide) groups is 1. The zero-order valence-electron chi connectivity index (χ0n) is 15.6. The Morgan fingerprint density at radius 2 is 1.82 bits per heavy atom. The number of halogens is 2. The molecule has 1 atom stereocenters. The maximum Gasteiger partial charge on any atom is 0.243 e. The number of sulfonamides is 1. The topological polar surface area (TPSA) is 66.5 Å². The third kappa shape index (κ3) is 6.58. The predicted octanol–water partition coefficient (Wildman–Crippen LogP) is 4.20. The van der Waals surface area contributed by atoms with Gasteiger partial charge in [-0.1, -0.05) is 47.5 Å². The summed E-state index contributed by atoms with van der Waals surface area (Å²) in [6.45, 7) is 2.01. The Bertz CT molecular complexity index is 909. The van der Waals surface area contributed by atoms with Gasteiger partial charge < -0.3 is 5.32 Å². The Labute approximate surface area is 180 Å². The molecule has 2 aromatic rings. The van der Waals surface area contributed by atoms with Crippen molar-refractivity contribution in [2.75, 3.05) is 22.9 Å². The standard InChI is InChI=1S/C19H22Cl2N2O3S2/c1-14(23(28(2,25)26)16-6-4-3-5-7-16)19(24)22-10-11-27-13-15-8-9-17(20)18(21)12-15/h3-9,12,14H,10-11,13H2,1-2H3,(H,22,24)/t14-/m1/s1. The molecule has 2 aromatic carbocycles. The molecule has 0 spiro atoms. The molecule has 0 aliphatic rings. The van der Waals surface area contributed by atoms with Crippen LogP contribution in [-0.4, -0.2) is 38.9 Å². The van der Waals surface area contributed by atoms with Crippen molar-refractivity contribution in [3.8, 4) is 0 Å². The van der Waals surface area contributed by atoms with E-state index in [9.17, 15) is 13.2 Å². The van der Waals surface area contributed by atoms with E-state index in [2.05, 4.69) is 5.32 Å². The second-order valence-corrected chi connectivity index (χ2v) is 9.94. The van der Waals surface area contributed by atoms with Gasteiger partial charge in [0.1, 0.15) is 6.04 Å². The third-order valence-corrected chi connectivity index (χ3v) is 6.91. The van der Waals surface area contributed by atoms with Gasteiger partial charge in [-0.3, -0.25) is 9.10 Å². The van der Waals surface area contributed by atoms with Gasteiger partial charge >= 0.3 is 0 Å². The lowest BCUT2D eigenvalue weighted by Gasteiger charge is -2.28. The molecule has 0 saturated heterocycles. The van der Waals surface area contributed by atoms with Crippen LogP contribution in [0.3, 0.4) is 0 Å². The van der Waals surface area contributed by atoms with Crippen LogP contribution in [0.4, 0.5) is 5.69 Å². The first-order valence-electron chi connectivity index (χ1n) is 8.54. The molecule has 0 saturated carbocycles. The van der Waals surface area contributed by atoms with E-state index in [1.54, 1.807) is 55.1 Å². The minimum Gasteiger partial charge on any atom is -0.353 e. The first-order valence-corrected chi connectivity index (χ1v) is 12.3. The molecule has 152 valence electrons. The van der Waals surface area contributed by atoms with E-state index in [-0.39, 0.29) is 5.91 Å². The Hall–Kier alpha value is -1.41. The van der Waals surface area contributed by atoms with E-state index in [0.717, 1.165) is 21.9 Å². The highest BCUT2D eigenvalue weighted by Crippen LogP contribution is 2.24. The van der Waals surface area contributed by atoms with Gasteiger partial charge in [-0.2, -0.15) is 11.8 Å². The molecule has 28 heavy (non-hydrogen) atoms.